The van der Waals surface area contributed by atoms with Gasteiger partial charge in [-0.15, -0.1) is 0 Å². The molecule has 0 aliphatic carbocycles. The highest BCUT2D eigenvalue weighted by atomic mass is 35.5. The molecule has 0 aliphatic heterocycles. The van der Waals surface area contributed by atoms with Crippen LogP contribution in [0.1, 0.15) is 0 Å². The minimum atomic E-state index is -5.07. The molecule has 1 amide bonds. The lowest BCUT2D eigenvalue weighted by molar-refractivity contribution is -0.167. The summed E-state index contributed by atoms with van der Waals surface area (Å²) in [7, 11) is 0. The maximum atomic E-state index is 14.1. The Labute approximate surface area is 142 Å². The fourth-order valence-electron chi connectivity index (χ4n) is 2.06. The highest BCUT2D eigenvalue weighted by molar-refractivity contribution is 6.36. The van der Waals surface area contributed by atoms with Crippen LogP contribution in [0, 0.1) is 5.82 Å². The van der Waals surface area contributed by atoms with Crippen LogP contribution in [0.2, 0.25) is 5.02 Å². The molecule has 3 rings (SSSR count). The van der Waals surface area contributed by atoms with Crippen molar-refractivity contribution < 1.29 is 27.1 Å². The molecule has 0 spiro atoms. The number of ether oxygens (including phenoxy) is 1. The van der Waals surface area contributed by atoms with E-state index in [2.05, 4.69) is 9.97 Å². The number of H-pyrrole nitrogens is 1. The van der Waals surface area contributed by atoms with E-state index in [4.69, 9.17) is 16.3 Å². The van der Waals surface area contributed by atoms with Crippen LogP contribution in [0.5, 0.6) is 11.5 Å². The summed E-state index contributed by atoms with van der Waals surface area (Å²) in [6.45, 7) is 0. The molecule has 0 saturated carbocycles. The van der Waals surface area contributed by atoms with Crippen molar-refractivity contribution in [1.29, 1.82) is 0 Å². The monoisotopic (exact) mass is 373 g/mol. The number of benzene rings is 1. The van der Waals surface area contributed by atoms with E-state index in [1.165, 1.54) is 18.5 Å². The van der Waals surface area contributed by atoms with E-state index in [-0.39, 0.29) is 17.2 Å². The summed E-state index contributed by atoms with van der Waals surface area (Å²) in [5.74, 6) is -3.20. The van der Waals surface area contributed by atoms with E-state index in [1.807, 2.05) is 0 Å². The SMILES string of the molecule is O=C(Nc1ccc(Oc2ccnc3[nH]cc(Cl)c23)c(F)c1)C(F)(F)F. The molecule has 130 valence electrons. The molecule has 10 heteroatoms. The number of fused-ring (bicyclic) bond motifs is 1. The van der Waals surface area contributed by atoms with Crippen LogP contribution in [0.3, 0.4) is 0 Å². The van der Waals surface area contributed by atoms with Crippen molar-refractivity contribution in [1.82, 2.24) is 9.97 Å². The molecular weight excluding hydrogens is 366 g/mol. The molecular formula is C15H8ClF4N3O2. The molecule has 0 saturated heterocycles. The molecule has 1 aromatic carbocycles. The number of alkyl halides is 3. The van der Waals surface area contributed by atoms with E-state index in [0.717, 1.165) is 18.2 Å². The third-order valence-electron chi connectivity index (χ3n) is 3.15. The lowest BCUT2D eigenvalue weighted by atomic mass is 10.2. The fourth-order valence-corrected chi connectivity index (χ4v) is 2.29. The molecule has 0 aliphatic rings. The number of aromatic amines is 1. The summed E-state index contributed by atoms with van der Waals surface area (Å²) in [5.41, 5.74) is 0.0729. The lowest BCUT2D eigenvalue weighted by Crippen LogP contribution is -2.29. The highest BCUT2D eigenvalue weighted by Gasteiger charge is 2.38. The number of carbonyl (C=O) groups is 1. The topological polar surface area (TPSA) is 67.0 Å². The van der Waals surface area contributed by atoms with E-state index in [0.29, 0.717) is 16.1 Å². The van der Waals surface area contributed by atoms with Gasteiger partial charge in [-0.1, -0.05) is 11.6 Å². The van der Waals surface area contributed by atoms with Gasteiger partial charge in [-0.05, 0) is 18.2 Å². The first-order valence-electron chi connectivity index (χ1n) is 6.73. The molecule has 5 nitrogen and oxygen atoms in total. The second-order valence-corrected chi connectivity index (χ2v) is 5.28. The van der Waals surface area contributed by atoms with E-state index < -0.39 is 17.9 Å². The van der Waals surface area contributed by atoms with E-state index >= 15 is 0 Å². The van der Waals surface area contributed by atoms with Gasteiger partial charge in [0.25, 0.3) is 0 Å². The number of halogens is 5. The molecule has 0 atom stereocenters. The van der Waals surface area contributed by atoms with Crippen molar-refractivity contribution >= 4 is 34.2 Å². The first kappa shape index (κ1) is 17.0. The predicted molar refractivity (Wildman–Crippen MR) is 82.3 cm³/mol. The Morgan fingerprint density at radius 2 is 2.00 bits per heavy atom. The van der Waals surface area contributed by atoms with Crippen LogP contribution in [-0.4, -0.2) is 22.1 Å². The summed E-state index contributed by atoms with van der Waals surface area (Å²) in [5, 5.41) is 2.29. The number of hydrogen-bond donors (Lipinski definition) is 2. The van der Waals surface area contributed by atoms with Gasteiger partial charge in [0.1, 0.15) is 11.4 Å². The van der Waals surface area contributed by atoms with Gasteiger partial charge in [0, 0.05) is 24.1 Å². The molecule has 2 aromatic heterocycles. The fraction of sp³-hybridized carbons (Fsp3) is 0.0667. The molecule has 2 N–H and O–H groups in total. The first-order chi connectivity index (χ1) is 11.8. The Kier molecular flexibility index (Phi) is 4.25. The average Bonchev–Trinajstić information content (AvgIpc) is 2.91. The second kappa shape index (κ2) is 6.25. The van der Waals surface area contributed by atoms with Crippen LogP contribution in [0.15, 0.2) is 36.7 Å². The zero-order valence-electron chi connectivity index (χ0n) is 12.1. The number of anilines is 1. The summed E-state index contributed by atoms with van der Waals surface area (Å²) in [6, 6.07) is 4.35. The average molecular weight is 374 g/mol. The quantitative estimate of drug-likeness (QED) is 0.657. The summed E-state index contributed by atoms with van der Waals surface area (Å²) in [4.78, 5) is 17.7. The number of rotatable bonds is 3. The largest absolute Gasteiger partial charge is 0.471 e. The lowest BCUT2D eigenvalue weighted by Gasteiger charge is -2.11. The molecule has 0 fully saturated rings. The number of carbonyl (C=O) groups excluding carboxylic acids is 1. The van der Waals surface area contributed by atoms with Crippen molar-refractivity contribution in [2.45, 2.75) is 6.18 Å². The number of nitrogens with zero attached hydrogens (tertiary/aromatic N) is 1. The standard InChI is InChI=1S/C15H8ClF4N3O2/c16-8-6-22-13-12(8)11(3-4-21-13)25-10-2-1-7(5-9(10)17)23-14(24)15(18,19)20/h1-6H,(H,21,22)(H,23,24). The Hall–Kier alpha value is -2.81. The minimum absolute atomic E-state index is 0.210. The maximum absolute atomic E-state index is 14.1. The molecule has 25 heavy (non-hydrogen) atoms. The number of amides is 1. The molecule has 0 bridgehead atoms. The third-order valence-corrected chi connectivity index (χ3v) is 3.45. The van der Waals surface area contributed by atoms with Gasteiger partial charge in [-0.25, -0.2) is 9.37 Å². The van der Waals surface area contributed by atoms with Crippen LogP contribution in [-0.2, 0) is 4.79 Å². The van der Waals surface area contributed by atoms with Crippen molar-refractivity contribution in [3.8, 4) is 11.5 Å². The zero-order chi connectivity index (χ0) is 18.2. The number of pyridine rings is 1. The van der Waals surface area contributed by atoms with E-state index in [1.54, 1.807) is 5.32 Å². The second-order valence-electron chi connectivity index (χ2n) is 4.87. The van der Waals surface area contributed by atoms with Crippen LogP contribution in [0.25, 0.3) is 11.0 Å². The Balaban J connectivity index is 1.86. The third kappa shape index (κ3) is 3.50. The number of aromatic nitrogens is 2. The van der Waals surface area contributed by atoms with Crippen LogP contribution in [0.4, 0.5) is 23.2 Å². The Morgan fingerprint density at radius 1 is 1.24 bits per heavy atom. The number of hydrogen-bond acceptors (Lipinski definition) is 3. The Bertz CT molecular complexity index is 956. The predicted octanol–water partition coefficient (Wildman–Crippen LogP) is 4.65. The summed E-state index contributed by atoms with van der Waals surface area (Å²) in [6.07, 6.45) is -2.17. The van der Waals surface area contributed by atoms with Crippen molar-refractivity contribution in [2.24, 2.45) is 0 Å². The first-order valence-corrected chi connectivity index (χ1v) is 7.10. The van der Waals surface area contributed by atoms with Gasteiger partial charge >= 0.3 is 12.1 Å². The summed E-state index contributed by atoms with van der Waals surface area (Å²) >= 11 is 6.01. The van der Waals surface area contributed by atoms with Crippen LogP contribution >= 0.6 is 11.6 Å². The Morgan fingerprint density at radius 3 is 2.68 bits per heavy atom. The molecule has 0 unspecified atom stereocenters. The normalized spacial score (nSPS) is 11.6. The maximum Gasteiger partial charge on any atom is 0.471 e. The van der Waals surface area contributed by atoms with Gasteiger partial charge in [-0.3, -0.25) is 4.79 Å². The zero-order valence-corrected chi connectivity index (χ0v) is 12.9. The van der Waals surface area contributed by atoms with Crippen molar-refractivity contribution in [3.05, 3.63) is 47.5 Å². The molecule has 2 heterocycles. The van der Waals surface area contributed by atoms with Gasteiger partial charge in [0.2, 0.25) is 0 Å². The smallest absolute Gasteiger partial charge is 0.453 e. The van der Waals surface area contributed by atoms with Gasteiger partial charge in [-0.2, -0.15) is 13.2 Å². The molecule has 0 radical (unpaired) electrons. The van der Waals surface area contributed by atoms with Gasteiger partial charge in [0.05, 0.1) is 10.4 Å². The van der Waals surface area contributed by atoms with Gasteiger partial charge < -0.3 is 15.0 Å². The van der Waals surface area contributed by atoms with Crippen LogP contribution < -0.4 is 10.1 Å². The van der Waals surface area contributed by atoms with Gasteiger partial charge in [0.15, 0.2) is 11.6 Å². The van der Waals surface area contributed by atoms with E-state index in [9.17, 15) is 22.4 Å². The minimum Gasteiger partial charge on any atom is -0.453 e. The van der Waals surface area contributed by atoms with Crippen molar-refractivity contribution in [2.75, 3.05) is 5.32 Å². The summed E-state index contributed by atoms with van der Waals surface area (Å²) < 4.78 is 56.1. The van der Waals surface area contributed by atoms with Crippen molar-refractivity contribution in [3.63, 3.8) is 0 Å². The molecule has 3 aromatic rings. The highest BCUT2D eigenvalue weighted by Crippen LogP contribution is 2.35. The number of nitrogens with one attached hydrogen (secondary N) is 2.